The highest BCUT2D eigenvalue weighted by Gasteiger charge is 2.07. The van der Waals surface area contributed by atoms with Gasteiger partial charge in [0, 0.05) is 9.35 Å². The molecule has 0 unspecified atom stereocenters. The van der Waals surface area contributed by atoms with Crippen molar-refractivity contribution >= 4 is 44.6 Å². The van der Waals surface area contributed by atoms with Crippen LogP contribution in [0.1, 0.15) is 10.4 Å². The molecule has 0 aliphatic heterocycles. The molecular weight excluding hydrogens is 322 g/mol. The minimum Gasteiger partial charge on any atom is -0.486 e. The van der Waals surface area contributed by atoms with Crippen LogP contribution >= 0.6 is 38.9 Å². The molecule has 0 saturated carbocycles. The van der Waals surface area contributed by atoms with E-state index in [0.29, 0.717) is 12.3 Å². The summed E-state index contributed by atoms with van der Waals surface area (Å²) in [4.78, 5) is 1.08. The van der Waals surface area contributed by atoms with E-state index < -0.39 is 0 Å². The van der Waals surface area contributed by atoms with Crippen LogP contribution in [-0.2, 0) is 6.61 Å². The van der Waals surface area contributed by atoms with Crippen LogP contribution in [0.3, 0.4) is 0 Å². The van der Waals surface area contributed by atoms with Crippen LogP contribution in [0.15, 0.2) is 28.7 Å². The highest BCUT2D eigenvalue weighted by atomic mass is 79.9. The number of hydrogen-bond acceptors (Lipinski definition) is 3. The highest BCUT2D eigenvalue weighted by molar-refractivity contribution is 9.10. The Morgan fingerprint density at radius 2 is 2.18 bits per heavy atom. The zero-order valence-electron chi connectivity index (χ0n) is 9.17. The number of benzene rings is 1. The molecule has 0 bridgehead atoms. The molecule has 1 aromatic heterocycles. The molecule has 0 spiro atoms. The summed E-state index contributed by atoms with van der Waals surface area (Å²) in [7, 11) is 0. The SMILES string of the molecule is Cc1cc(Br)cc(N)c1OCc1ccc(Cl)s1. The third-order valence-corrected chi connectivity index (χ3v) is 3.92. The van der Waals surface area contributed by atoms with Crippen LogP contribution in [0.4, 0.5) is 5.69 Å². The fourth-order valence-electron chi connectivity index (χ4n) is 1.53. The van der Waals surface area contributed by atoms with Crippen LogP contribution in [0.25, 0.3) is 0 Å². The molecular formula is C12H11BrClNOS. The molecule has 0 aliphatic rings. The summed E-state index contributed by atoms with van der Waals surface area (Å²) >= 11 is 10.8. The minimum absolute atomic E-state index is 0.490. The predicted molar refractivity (Wildman–Crippen MR) is 77.0 cm³/mol. The lowest BCUT2D eigenvalue weighted by Crippen LogP contribution is -1.99. The normalized spacial score (nSPS) is 10.5. The third-order valence-electron chi connectivity index (χ3n) is 2.26. The zero-order chi connectivity index (χ0) is 12.4. The van der Waals surface area contributed by atoms with Crippen molar-refractivity contribution in [3.05, 3.63) is 43.5 Å². The molecule has 0 fully saturated rings. The van der Waals surface area contributed by atoms with Gasteiger partial charge < -0.3 is 10.5 Å². The lowest BCUT2D eigenvalue weighted by Gasteiger charge is -2.11. The number of thiophene rings is 1. The summed E-state index contributed by atoms with van der Waals surface area (Å²) in [6.07, 6.45) is 0. The Balaban J connectivity index is 2.14. The molecule has 5 heteroatoms. The number of nitrogens with two attached hydrogens (primary N) is 1. The van der Waals surface area contributed by atoms with Gasteiger partial charge in [0.15, 0.2) is 0 Å². The Morgan fingerprint density at radius 3 is 2.76 bits per heavy atom. The Morgan fingerprint density at radius 1 is 1.41 bits per heavy atom. The molecule has 2 rings (SSSR count). The quantitative estimate of drug-likeness (QED) is 0.831. The Bertz CT molecular complexity index is 518. The van der Waals surface area contributed by atoms with Gasteiger partial charge in [-0.05, 0) is 36.8 Å². The van der Waals surface area contributed by atoms with Crippen molar-refractivity contribution in [2.24, 2.45) is 0 Å². The van der Waals surface area contributed by atoms with E-state index in [1.165, 1.54) is 11.3 Å². The lowest BCUT2D eigenvalue weighted by molar-refractivity contribution is 0.309. The maximum Gasteiger partial charge on any atom is 0.145 e. The first kappa shape index (κ1) is 12.7. The molecule has 1 aromatic carbocycles. The first-order valence-electron chi connectivity index (χ1n) is 4.99. The minimum atomic E-state index is 0.490. The van der Waals surface area contributed by atoms with Gasteiger partial charge in [-0.3, -0.25) is 0 Å². The van der Waals surface area contributed by atoms with Crippen molar-refractivity contribution in [3.63, 3.8) is 0 Å². The van der Waals surface area contributed by atoms with E-state index in [0.717, 1.165) is 25.0 Å². The number of ether oxygens (including phenoxy) is 1. The van der Waals surface area contributed by atoms with Crippen molar-refractivity contribution in [2.45, 2.75) is 13.5 Å². The van der Waals surface area contributed by atoms with E-state index in [-0.39, 0.29) is 0 Å². The van der Waals surface area contributed by atoms with Gasteiger partial charge in [0.1, 0.15) is 12.4 Å². The second kappa shape index (κ2) is 5.29. The van der Waals surface area contributed by atoms with Crippen molar-refractivity contribution in [1.82, 2.24) is 0 Å². The molecule has 1 heterocycles. The summed E-state index contributed by atoms with van der Waals surface area (Å²) in [5.74, 6) is 0.734. The maximum atomic E-state index is 5.91. The van der Waals surface area contributed by atoms with Gasteiger partial charge in [-0.25, -0.2) is 0 Å². The van der Waals surface area contributed by atoms with Crippen LogP contribution in [0, 0.1) is 6.92 Å². The fraction of sp³-hybridized carbons (Fsp3) is 0.167. The van der Waals surface area contributed by atoms with Gasteiger partial charge in [0.25, 0.3) is 0 Å². The molecule has 0 saturated heterocycles. The van der Waals surface area contributed by atoms with Gasteiger partial charge >= 0.3 is 0 Å². The summed E-state index contributed by atoms with van der Waals surface area (Å²) in [5, 5.41) is 0. The summed E-state index contributed by atoms with van der Waals surface area (Å²) in [5.41, 5.74) is 7.57. The number of hydrogen-bond donors (Lipinski definition) is 1. The van der Waals surface area contributed by atoms with Gasteiger partial charge in [-0.2, -0.15) is 0 Å². The number of rotatable bonds is 3. The summed E-state index contributed by atoms with van der Waals surface area (Å²) < 4.78 is 7.45. The smallest absolute Gasteiger partial charge is 0.145 e. The van der Waals surface area contributed by atoms with E-state index in [4.69, 9.17) is 22.1 Å². The monoisotopic (exact) mass is 331 g/mol. The second-order valence-corrected chi connectivity index (χ2v) is 6.35. The first-order valence-corrected chi connectivity index (χ1v) is 6.97. The van der Waals surface area contributed by atoms with E-state index in [2.05, 4.69) is 15.9 Å². The van der Waals surface area contributed by atoms with E-state index in [1.807, 2.05) is 31.2 Å². The number of anilines is 1. The molecule has 90 valence electrons. The Labute approximate surface area is 117 Å². The molecule has 2 aromatic rings. The second-order valence-electron chi connectivity index (χ2n) is 3.64. The van der Waals surface area contributed by atoms with Gasteiger partial charge in [-0.15, -0.1) is 11.3 Å². The molecule has 0 atom stereocenters. The van der Waals surface area contributed by atoms with Crippen LogP contribution in [0.5, 0.6) is 5.75 Å². The first-order chi connectivity index (χ1) is 8.06. The van der Waals surface area contributed by atoms with E-state index >= 15 is 0 Å². The van der Waals surface area contributed by atoms with Crippen molar-refractivity contribution in [1.29, 1.82) is 0 Å². The Hall–Kier alpha value is -0.710. The highest BCUT2D eigenvalue weighted by Crippen LogP contribution is 2.31. The van der Waals surface area contributed by atoms with Crippen LogP contribution in [0.2, 0.25) is 4.34 Å². The largest absolute Gasteiger partial charge is 0.486 e. The van der Waals surface area contributed by atoms with Crippen molar-refractivity contribution in [3.8, 4) is 5.75 Å². The van der Waals surface area contributed by atoms with Gasteiger partial charge in [0.2, 0.25) is 0 Å². The third kappa shape index (κ3) is 3.15. The molecule has 0 radical (unpaired) electrons. The maximum absolute atomic E-state index is 5.91. The summed E-state index contributed by atoms with van der Waals surface area (Å²) in [6, 6.07) is 7.64. The Kier molecular flexibility index (Phi) is 3.97. The average Bonchev–Trinajstić information content (AvgIpc) is 2.62. The standard InChI is InChI=1S/C12H11BrClNOS/c1-7-4-8(13)5-10(15)12(7)16-6-9-2-3-11(14)17-9/h2-5H,6,15H2,1H3. The van der Waals surface area contributed by atoms with Crippen LogP contribution < -0.4 is 10.5 Å². The molecule has 17 heavy (non-hydrogen) atoms. The number of aryl methyl sites for hydroxylation is 1. The molecule has 2 nitrogen and oxygen atoms in total. The zero-order valence-corrected chi connectivity index (χ0v) is 12.3. The molecule has 2 N–H and O–H groups in total. The van der Waals surface area contributed by atoms with E-state index in [9.17, 15) is 0 Å². The van der Waals surface area contributed by atoms with Crippen LogP contribution in [-0.4, -0.2) is 0 Å². The number of halogens is 2. The topological polar surface area (TPSA) is 35.2 Å². The van der Waals surface area contributed by atoms with Gasteiger partial charge in [0.05, 0.1) is 10.0 Å². The molecule has 0 amide bonds. The molecule has 0 aliphatic carbocycles. The van der Waals surface area contributed by atoms with Crippen molar-refractivity contribution < 1.29 is 4.74 Å². The number of nitrogen functional groups attached to an aromatic ring is 1. The lowest BCUT2D eigenvalue weighted by atomic mass is 10.2. The van der Waals surface area contributed by atoms with Crippen molar-refractivity contribution in [2.75, 3.05) is 5.73 Å². The fourth-order valence-corrected chi connectivity index (χ4v) is 3.12. The average molecular weight is 333 g/mol. The predicted octanol–water partition coefficient (Wildman–Crippen LogP) is 4.63. The van der Waals surface area contributed by atoms with Gasteiger partial charge in [-0.1, -0.05) is 27.5 Å². The van der Waals surface area contributed by atoms with E-state index in [1.54, 1.807) is 0 Å². The summed E-state index contributed by atoms with van der Waals surface area (Å²) in [6.45, 7) is 2.46.